The van der Waals surface area contributed by atoms with Crippen molar-refractivity contribution >= 4 is 11.7 Å². The molecule has 1 aliphatic rings. The third-order valence-electron chi connectivity index (χ3n) is 3.90. The number of hydrogen-bond acceptors (Lipinski definition) is 6. The summed E-state index contributed by atoms with van der Waals surface area (Å²) in [7, 11) is 0. The molecule has 5 unspecified atom stereocenters. The zero-order valence-electron chi connectivity index (χ0n) is 14.2. The maximum Gasteiger partial charge on any atom is 0.217 e. The molecule has 1 aliphatic heterocycles. The Morgan fingerprint density at radius 3 is 2.52 bits per heavy atom. The van der Waals surface area contributed by atoms with Crippen LogP contribution < -0.4 is 5.32 Å². The fourth-order valence-corrected chi connectivity index (χ4v) is 2.66. The molecule has 5 atom stereocenters. The van der Waals surface area contributed by atoms with E-state index in [0.29, 0.717) is 25.9 Å². The van der Waals surface area contributed by atoms with Crippen molar-refractivity contribution in [3.05, 3.63) is 0 Å². The van der Waals surface area contributed by atoms with Gasteiger partial charge < -0.3 is 29.8 Å². The zero-order valence-corrected chi connectivity index (χ0v) is 14.2. The van der Waals surface area contributed by atoms with Crippen molar-refractivity contribution in [1.29, 1.82) is 0 Å². The van der Waals surface area contributed by atoms with E-state index in [1.807, 2.05) is 6.92 Å². The molecule has 0 spiro atoms. The maximum absolute atomic E-state index is 11.4. The van der Waals surface area contributed by atoms with Crippen LogP contribution in [0.25, 0.3) is 0 Å². The van der Waals surface area contributed by atoms with Gasteiger partial charge in [-0.25, -0.2) is 0 Å². The maximum atomic E-state index is 11.4. The highest BCUT2D eigenvalue weighted by Gasteiger charge is 2.38. The molecule has 1 rings (SSSR count). The average molecular weight is 331 g/mol. The first kappa shape index (κ1) is 20.0. The standard InChI is InChI=1S/C16H29NO6/c1-4-14-15(21)13(20)9-12(17-11(3)19)16(23-14)22-8-6-5-7-10(2)18/h12-16,20-21H,4-9H2,1-3H3,(H,17,19). The van der Waals surface area contributed by atoms with E-state index in [2.05, 4.69) is 5.32 Å². The quantitative estimate of drug-likeness (QED) is 0.560. The number of ketones is 1. The van der Waals surface area contributed by atoms with E-state index >= 15 is 0 Å². The van der Waals surface area contributed by atoms with E-state index in [0.717, 1.165) is 6.42 Å². The van der Waals surface area contributed by atoms with Crippen LogP contribution in [-0.2, 0) is 19.1 Å². The first-order chi connectivity index (χ1) is 10.8. The van der Waals surface area contributed by atoms with Gasteiger partial charge in [0.05, 0.1) is 18.2 Å². The number of hydrogen-bond donors (Lipinski definition) is 3. The van der Waals surface area contributed by atoms with E-state index in [9.17, 15) is 19.8 Å². The summed E-state index contributed by atoms with van der Waals surface area (Å²) in [6.07, 6.45) is -0.641. The minimum absolute atomic E-state index is 0.143. The largest absolute Gasteiger partial charge is 0.390 e. The summed E-state index contributed by atoms with van der Waals surface area (Å²) in [4.78, 5) is 22.3. The highest BCUT2D eigenvalue weighted by molar-refractivity contribution is 5.75. The van der Waals surface area contributed by atoms with Crippen LogP contribution in [0.4, 0.5) is 0 Å². The van der Waals surface area contributed by atoms with Gasteiger partial charge >= 0.3 is 0 Å². The van der Waals surface area contributed by atoms with Crippen molar-refractivity contribution in [2.45, 2.75) is 83.5 Å². The lowest BCUT2D eigenvalue weighted by Crippen LogP contribution is -2.46. The minimum Gasteiger partial charge on any atom is -0.390 e. The number of rotatable bonds is 8. The molecule has 0 aliphatic carbocycles. The normalized spacial score (nSPS) is 31.4. The molecule has 134 valence electrons. The Bertz CT molecular complexity index is 389. The van der Waals surface area contributed by atoms with Crippen LogP contribution in [-0.4, -0.2) is 59.2 Å². The van der Waals surface area contributed by atoms with Crippen LogP contribution in [0.3, 0.4) is 0 Å². The molecular formula is C16H29NO6. The highest BCUT2D eigenvalue weighted by atomic mass is 16.7. The van der Waals surface area contributed by atoms with Gasteiger partial charge in [-0.05, 0) is 26.2 Å². The lowest BCUT2D eigenvalue weighted by atomic mass is 10.0. The number of aliphatic hydroxyl groups is 2. The predicted octanol–water partition coefficient (Wildman–Crippen LogP) is 0.514. The third kappa shape index (κ3) is 6.95. The number of carbonyl (C=O) groups excluding carboxylic acids is 2. The van der Waals surface area contributed by atoms with E-state index in [1.165, 1.54) is 6.92 Å². The SMILES string of the molecule is CCC1OC(OCCCCC(C)=O)C(NC(C)=O)CC(O)C1O. The monoisotopic (exact) mass is 331 g/mol. The second-order valence-corrected chi connectivity index (χ2v) is 6.08. The molecule has 3 N–H and O–H groups in total. The van der Waals surface area contributed by atoms with Crippen LogP contribution in [0, 0.1) is 0 Å². The van der Waals surface area contributed by atoms with Crippen LogP contribution in [0.5, 0.6) is 0 Å². The lowest BCUT2D eigenvalue weighted by Gasteiger charge is -2.28. The molecule has 7 nitrogen and oxygen atoms in total. The Kier molecular flexibility index (Phi) is 8.68. The fourth-order valence-electron chi connectivity index (χ4n) is 2.66. The summed E-state index contributed by atoms with van der Waals surface area (Å²) >= 11 is 0. The molecule has 1 saturated heterocycles. The van der Waals surface area contributed by atoms with Gasteiger partial charge in [0.2, 0.25) is 5.91 Å². The van der Waals surface area contributed by atoms with E-state index in [1.54, 1.807) is 6.92 Å². The summed E-state index contributed by atoms with van der Waals surface area (Å²) in [5.41, 5.74) is 0. The van der Waals surface area contributed by atoms with Crippen LogP contribution in [0.15, 0.2) is 0 Å². The number of carbonyl (C=O) groups is 2. The second-order valence-electron chi connectivity index (χ2n) is 6.08. The molecule has 7 heteroatoms. The van der Waals surface area contributed by atoms with Crippen LogP contribution in [0.2, 0.25) is 0 Å². The summed E-state index contributed by atoms with van der Waals surface area (Å²) in [5, 5.41) is 22.8. The van der Waals surface area contributed by atoms with E-state index in [-0.39, 0.29) is 18.1 Å². The molecule has 0 radical (unpaired) electrons. The van der Waals surface area contributed by atoms with Gasteiger partial charge in [-0.15, -0.1) is 0 Å². The number of nitrogens with one attached hydrogen (secondary N) is 1. The van der Waals surface area contributed by atoms with Crippen LogP contribution in [0.1, 0.15) is 52.9 Å². The molecule has 1 fully saturated rings. The molecule has 0 saturated carbocycles. The summed E-state index contributed by atoms with van der Waals surface area (Å²) < 4.78 is 11.5. The van der Waals surface area contributed by atoms with Crippen molar-refractivity contribution in [3.63, 3.8) is 0 Å². The summed E-state index contributed by atoms with van der Waals surface area (Å²) in [5.74, 6) is -0.107. The number of unbranched alkanes of at least 4 members (excludes halogenated alkanes) is 1. The number of aliphatic hydroxyl groups excluding tert-OH is 2. The van der Waals surface area contributed by atoms with E-state index in [4.69, 9.17) is 9.47 Å². The van der Waals surface area contributed by atoms with Gasteiger partial charge in [0.1, 0.15) is 11.9 Å². The summed E-state index contributed by atoms with van der Waals surface area (Å²) in [6, 6.07) is -0.526. The van der Waals surface area contributed by atoms with Crippen molar-refractivity contribution in [2.24, 2.45) is 0 Å². The van der Waals surface area contributed by atoms with Gasteiger partial charge in [-0.1, -0.05) is 6.92 Å². The zero-order chi connectivity index (χ0) is 17.4. The highest BCUT2D eigenvalue weighted by Crippen LogP contribution is 2.23. The molecule has 0 aromatic heterocycles. The number of ether oxygens (including phenoxy) is 2. The molecule has 1 heterocycles. The average Bonchev–Trinajstić information content (AvgIpc) is 2.57. The molecule has 0 bridgehead atoms. The van der Waals surface area contributed by atoms with Crippen molar-refractivity contribution in [1.82, 2.24) is 5.32 Å². The molecule has 0 aromatic rings. The predicted molar refractivity (Wildman–Crippen MR) is 83.7 cm³/mol. The molecular weight excluding hydrogens is 302 g/mol. The minimum atomic E-state index is -1.01. The Hall–Kier alpha value is -1.02. The smallest absolute Gasteiger partial charge is 0.217 e. The van der Waals surface area contributed by atoms with Gasteiger partial charge in [0.15, 0.2) is 6.29 Å². The van der Waals surface area contributed by atoms with Gasteiger partial charge in [-0.2, -0.15) is 0 Å². The molecule has 1 amide bonds. The first-order valence-corrected chi connectivity index (χ1v) is 8.24. The number of Topliss-reactive ketones (excluding diaryl/α,β-unsaturated/α-hetero) is 1. The Morgan fingerprint density at radius 2 is 1.96 bits per heavy atom. The molecule has 23 heavy (non-hydrogen) atoms. The van der Waals surface area contributed by atoms with Crippen molar-refractivity contribution in [3.8, 4) is 0 Å². The van der Waals surface area contributed by atoms with Crippen molar-refractivity contribution < 1.29 is 29.3 Å². The molecule has 0 aromatic carbocycles. The Labute approximate surface area is 137 Å². The van der Waals surface area contributed by atoms with E-state index < -0.39 is 30.6 Å². The van der Waals surface area contributed by atoms with Gasteiger partial charge in [-0.3, -0.25) is 4.79 Å². The third-order valence-corrected chi connectivity index (χ3v) is 3.90. The Morgan fingerprint density at radius 1 is 1.26 bits per heavy atom. The lowest BCUT2D eigenvalue weighted by molar-refractivity contribution is -0.197. The fraction of sp³-hybridized carbons (Fsp3) is 0.875. The first-order valence-electron chi connectivity index (χ1n) is 8.24. The van der Waals surface area contributed by atoms with Crippen LogP contribution >= 0.6 is 0 Å². The van der Waals surface area contributed by atoms with Gasteiger partial charge in [0, 0.05) is 26.4 Å². The Balaban J connectivity index is 2.63. The number of amides is 1. The topological polar surface area (TPSA) is 105 Å². The van der Waals surface area contributed by atoms with Gasteiger partial charge in [0.25, 0.3) is 0 Å². The second kappa shape index (κ2) is 9.97. The summed E-state index contributed by atoms with van der Waals surface area (Å²) in [6.45, 7) is 5.17. The van der Waals surface area contributed by atoms with Crippen molar-refractivity contribution in [2.75, 3.05) is 6.61 Å².